The van der Waals surface area contributed by atoms with E-state index in [9.17, 15) is 10.4 Å². The summed E-state index contributed by atoms with van der Waals surface area (Å²) in [6.45, 7) is 1.86. The van der Waals surface area contributed by atoms with E-state index in [2.05, 4.69) is 20.2 Å². The quantitative estimate of drug-likeness (QED) is 0.454. The molecule has 0 atom stereocenters. The number of nitrogens with zero attached hydrogens (tertiary/aromatic N) is 4. The van der Waals surface area contributed by atoms with Gasteiger partial charge < -0.3 is 21.0 Å². The van der Waals surface area contributed by atoms with E-state index in [1.54, 1.807) is 30.3 Å². The maximum Gasteiger partial charge on any atom is 0.160 e. The molecule has 1 aromatic heterocycles. The van der Waals surface area contributed by atoms with Crippen LogP contribution in [0.2, 0.25) is 0 Å². The molecule has 124 valence electrons. The molecule has 1 aliphatic rings. The summed E-state index contributed by atoms with van der Waals surface area (Å²) in [5.74, 6) is 0.767. The van der Waals surface area contributed by atoms with Gasteiger partial charge in [-0.2, -0.15) is 0 Å². The lowest BCUT2D eigenvalue weighted by Crippen LogP contribution is -2.24. The number of anilines is 2. The summed E-state index contributed by atoms with van der Waals surface area (Å²) in [5, 5.41) is 25.5. The number of nitrogens with two attached hydrogens (primary N) is 1. The lowest BCUT2D eigenvalue weighted by Gasteiger charge is -2.18. The van der Waals surface area contributed by atoms with Crippen LogP contribution in [0, 0.1) is 0 Å². The normalized spacial score (nSPS) is 15.8. The first-order chi connectivity index (χ1) is 11.7. The lowest BCUT2D eigenvalue weighted by molar-refractivity contribution is 0.314. The van der Waals surface area contributed by atoms with Gasteiger partial charge in [-0.1, -0.05) is 40.6 Å². The standard InChI is InChI=1S/C17H19N5O2/c18-13-8-9-14(22-10-4-5-11-22)19-16(13)17(21-24)15(20-23)12-6-2-1-3-7-12/h1-3,6-9,23-24H,4-5,10-11,18H2. The van der Waals surface area contributed by atoms with E-state index in [0.717, 1.165) is 31.7 Å². The van der Waals surface area contributed by atoms with Gasteiger partial charge in [0.15, 0.2) is 5.71 Å². The number of rotatable bonds is 4. The molecule has 2 heterocycles. The van der Waals surface area contributed by atoms with Crippen molar-refractivity contribution in [2.75, 3.05) is 23.7 Å². The highest BCUT2D eigenvalue weighted by Gasteiger charge is 2.22. The van der Waals surface area contributed by atoms with Gasteiger partial charge in [-0.25, -0.2) is 4.98 Å². The van der Waals surface area contributed by atoms with Crippen LogP contribution in [0.15, 0.2) is 52.8 Å². The first-order valence-corrected chi connectivity index (χ1v) is 7.76. The summed E-state index contributed by atoms with van der Waals surface area (Å²) in [5.41, 5.74) is 7.40. The highest BCUT2D eigenvalue weighted by Crippen LogP contribution is 2.22. The molecule has 1 aromatic carbocycles. The molecule has 1 aliphatic heterocycles. The third kappa shape index (κ3) is 3.01. The van der Waals surface area contributed by atoms with E-state index in [-0.39, 0.29) is 11.4 Å². The van der Waals surface area contributed by atoms with Gasteiger partial charge in [-0.3, -0.25) is 0 Å². The van der Waals surface area contributed by atoms with Crippen molar-refractivity contribution in [1.82, 2.24) is 4.98 Å². The monoisotopic (exact) mass is 325 g/mol. The summed E-state index contributed by atoms with van der Waals surface area (Å²) in [6.07, 6.45) is 2.24. The second kappa shape index (κ2) is 6.99. The first-order valence-electron chi connectivity index (χ1n) is 7.76. The summed E-state index contributed by atoms with van der Waals surface area (Å²) in [7, 11) is 0. The van der Waals surface area contributed by atoms with E-state index in [4.69, 9.17) is 5.73 Å². The van der Waals surface area contributed by atoms with Gasteiger partial charge in [-0.15, -0.1) is 0 Å². The zero-order valence-corrected chi connectivity index (χ0v) is 13.1. The summed E-state index contributed by atoms with van der Waals surface area (Å²) in [4.78, 5) is 6.69. The molecule has 1 fully saturated rings. The maximum absolute atomic E-state index is 9.51. The average molecular weight is 325 g/mol. The van der Waals surface area contributed by atoms with Crippen molar-refractivity contribution in [2.24, 2.45) is 10.3 Å². The van der Waals surface area contributed by atoms with Gasteiger partial charge in [0.1, 0.15) is 17.2 Å². The Morgan fingerprint density at radius 3 is 2.25 bits per heavy atom. The Labute approximate surface area is 139 Å². The number of benzene rings is 1. The molecular weight excluding hydrogens is 306 g/mol. The Kier molecular flexibility index (Phi) is 4.60. The van der Waals surface area contributed by atoms with Crippen LogP contribution in [0.4, 0.5) is 11.5 Å². The second-order valence-corrected chi connectivity index (χ2v) is 5.56. The zero-order valence-electron chi connectivity index (χ0n) is 13.1. The Bertz CT molecular complexity index is 768. The van der Waals surface area contributed by atoms with Gasteiger partial charge in [0.05, 0.1) is 5.69 Å². The van der Waals surface area contributed by atoms with Crippen LogP contribution in [0.25, 0.3) is 0 Å². The van der Waals surface area contributed by atoms with E-state index < -0.39 is 0 Å². The molecule has 0 unspecified atom stereocenters. The van der Waals surface area contributed by atoms with Crippen LogP contribution in [0.3, 0.4) is 0 Å². The summed E-state index contributed by atoms with van der Waals surface area (Å²) >= 11 is 0. The second-order valence-electron chi connectivity index (χ2n) is 5.56. The molecule has 7 nitrogen and oxygen atoms in total. The number of aromatic nitrogens is 1. The van der Waals surface area contributed by atoms with E-state index in [0.29, 0.717) is 16.9 Å². The van der Waals surface area contributed by atoms with Gasteiger partial charge in [0.2, 0.25) is 0 Å². The molecule has 4 N–H and O–H groups in total. The largest absolute Gasteiger partial charge is 0.410 e. The topological polar surface area (TPSA) is 107 Å². The minimum atomic E-state index is 0.0299. The molecule has 0 radical (unpaired) electrons. The molecule has 0 bridgehead atoms. The predicted molar refractivity (Wildman–Crippen MR) is 93.2 cm³/mol. The first kappa shape index (κ1) is 15.8. The molecule has 0 saturated carbocycles. The van der Waals surface area contributed by atoms with Crippen LogP contribution in [-0.2, 0) is 0 Å². The van der Waals surface area contributed by atoms with Crippen LogP contribution < -0.4 is 10.6 Å². The van der Waals surface area contributed by atoms with Crippen molar-refractivity contribution in [2.45, 2.75) is 12.8 Å². The van der Waals surface area contributed by atoms with Gasteiger partial charge in [-0.05, 0) is 25.0 Å². The zero-order chi connectivity index (χ0) is 16.9. The minimum absolute atomic E-state index is 0.0299. The summed E-state index contributed by atoms with van der Waals surface area (Å²) < 4.78 is 0. The third-order valence-corrected chi connectivity index (χ3v) is 4.04. The highest BCUT2D eigenvalue weighted by atomic mass is 16.4. The Balaban J connectivity index is 2.03. The number of hydrogen-bond donors (Lipinski definition) is 3. The van der Waals surface area contributed by atoms with Crippen LogP contribution in [0.1, 0.15) is 24.1 Å². The van der Waals surface area contributed by atoms with Crippen LogP contribution in [-0.4, -0.2) is 39.9 Å². The van der Waals surface area contributed by atoms with Crippen molar-refractivity contribution in [1.29, 1.82) is 0 Å². The number of pyridine rings is 1. The molecule has 1 saturated heterocycles. The van der Waals surface area contributed by atoms with E-state index in [1.165, 1.54) is 0 Å². The average Bonchev–Trinajstić information content (AvgIpc) is 3.16. The Morgan fingerprint density at radius 2 is 1.62 bits per heavy atom. The van der Waals surface area contributed by atoms with E-state index in [1.807, 2.05) is 12.1 Å². The minimum Gasteiger partial charge on any atom is -0.410 e. The lowest BCUT2D eigenvalue weighted by atomic mass is 10.0. The predicted octanol–water partition coefficient (Wildman–Crippen LogP) is 2.32. The van der Waals surface area contributed by atoms with Crippen LogP contribution >= 0.6 is 0 Å². The molecule has 0 spiro atoms. The molecular formula is C17H19N5O2. The van der Waals surface area contributed by atoms with Crippen molar-refractivity contribution in [3.8, 4) is 0 Å². The number of oxime groups is 2. The number of nitrogen functional groups attached to an aromatic ring is 1. The van der Waals surface area contributed by atoms with E-state index >= 15 is 0 Å². The van der Waals surface area contributed by atoms with Gasteiger partial charge in [0.25, 0.3) is 0 Å². The molecule has 7 heteroatoms. The SMILES string of the molecule is Nc1ccc(N2CCCC2)nc1C(=NO)C(=NO)c1ccccc1. The molecule has 3 rings (SSSR count). The van der Waals surface area contributed by atoms with Gasteiger partial charge >= 0.3 is 0 Å². The fourth-order valence-corrected chi connectivity index (χ4v) is 2.82. The van der Waals surface area contributed by atoms with Crippen LogP contribution in [0.5, 0.6) is 0 Å². The Hall–Kier alpha value is -3.09. The van der Waals surface area contributed by atoms with Crippen molar-refractivity contribution in [3.63, 3.8) is 0 Å². The molecule has 2 aromatic rings. The molecule has 24 heavy (non-hydrogen) atoms. The smallest absolute Gasteiger partial charge is 0.160 e. The summed E-state index contributed by atoms with van der Waals surface area (Å²) in [6, 6.07) is 12.5. The Morgan fingerprint density at radius 1 is 0.958 bits per heavy atom. The third-order valence-electron chi connectivity index (χ3n) is 4.04. The fraction of sp³-hybridized carbons (Fsp3) is 0.235. The van der Waals surface area contributed by atoms with Crippen molar-refractivity contribution >= 4 is 22.9 Å². The fourth-order valence-electron chi connectivity index (χ4n) is 2.82. The highest BCUT2D eigenvalue weighted by molar-refractivity contribution is 6.53. The number of hydrogen-bond acceptors (Lipinski definition) is 7. The molecule has 0 amide bonds. The maximum atomic E-state index is 9.51. The molecule has 0 aliphatic carbocycles. The van der Waals surface area contributed by atoms with Gasteiger partial charge in [0, 0.05) is 18.7 Å². The van der Waals surface area contributed by atoms with Crippen molar-refractivity contribution in [3.05, 3.63) is 53.7 Å². The van der Waals surface area contributed by atoms with Crippen molar-refractivity contribution < 1.29 is 10.4 Å².